The lowest BCUT2D eigenvalue weighted by molar-refractivity contribution is 0.100. The van der Waals surface area contributed by atoms with Crippen molar-refractivity contribution >= 4 is 5.95 Å². The Kier molecular flexibility index (Phi) is 1.41. The number of hydrogen-bond donors (Lipinski definition) is 2. The van der Waals surface area contributed by atoms with Crippen LogP contribution < -0.4 is 5.73 Å². The molecule has 0 amide bonds. The molecule has 3 rings (SSSR count). The zero-order valence-electron chi connectivity index (χ0n) is 7.36. The van der Waals surface area contributed by atoms with Gasteiger partial charge in [-0.25, -0.2) is 4.98 Å². The minimum atomic E-state index is 0.407. The fourth-order valence-electron chi connectivity index (χ4n) is 2.51. The summed E-state index contributed by atoms with van der Waals surface area (Å²) in [4.78, 5) is 7.10. The molecular formula is C9H13N3O. The second kappa shape index (κ2) is 2.48. The van der Waals surface area contributed by atoms with Gasteiger partial charge in [0, 0.05) is 11.6 Å². The van der Waals surface area contributed by atoms with Crippen LogP contribution >= 0.6 is 0 Å². The third-order valence-electron chi connectivity index (χ3n) is 3.12. The highest BCUT2D eigenvalue weighted by Crippen LogP contribution is 2.43. The average Bonchev–Trinajstić information content (AvgIpc) is 2.77. The van der Waals surface area contributed by atoms with E-state index in [1.807, 2.05) is 6.20 Å². The Balaban J connectivity index is 1.87. The smallest absolute Gasteiger partial charge is 0.197 e. The third kappa shape index (κ3) is 1.05. The van der Waals surface area contributed by atoms with Gasteiger partial charge in [0.25, 0.3) is 0 Å². The van der Waals surface area contributed by atoms with Crippen molar-refractivity contribution in [2.75, 3.05) is 5.73 Å². The number of nitrogen functional groups attached to an aromatic ring is 1. The first-order chi connectivity index (χ1) is 6.33. The van der Waals surface area contributed by atoms with Crippen molar-refractivity contribution in [3.63, 3.8) is 0 Å². The Labute approximate surface area is 76.5 Å². The summed E-state index contributed by atoms with van der Waals surface area (Å²) in [6, 6.07) is 0. The zero-order valence-corrected chi connectivity index (χ0v) is 7.36. The molecule has 70 valence electrons. The summed E-state index contributed by atoms with van der Waals surface area (Å²) in [5, 5.41) is 0. The van der Waals surface area contributed by atoms with E-state index in [1.165, 1.54) is 12.8 Å². The number of nitrogens with zero attached hydrogens (tertiary/aromatic N) is 1. The second-order valence-electron chi connectivity index (χ2n) is 3.94. The highest BCUT2D eigenvalue weighted by Gasteiger charge is 2.42. The number of nitrogens with two attached hydrogens (primary N) is 1. The number of fused-ring (bicyclic) bond motifs is 2. The molecule has 3 unspecified atom stereocenters. The first-order valence-electron chi connectivity index (χ1n) is 4.79. The van der Waals surface area contributed by atoms with E-state index < -0.39 is 0 Å². The van der Waals surface area contributed by atoms with Crippen LogP contribution in [0.1, 0.15) is 30.9 Å². The van der Waals surface area contributed by atoms with Gasteiger partial charge in [0.05, 0.1) is 18.4 Å². The van der Waals surface area contributed by atoms with Gasteiger partial charge in [0.15, 0.2) is 5.95 Å². The third-order valence-corrected chi connectivity index (χ3v) is 3.12. The van der Waals surface area contributed by atoms with Crippen LogP contribution in [-0.4, -0.2) is 22.2 Å². The molecule has 1 aromatic rings. The van der Waals surface area contributed by atoms with Crippen molar-refractivity contribution < 1.29 is 4.74 Å². The molecule has 2 aliphatic rings. The van der Waals surface area contributed by atoms with E-state index in [1.54, 1.807) is 0 Å². The van der Waals surface area contributed by atoms with E-state index in [0.29, 0.717) is 24.1 Å². The lowest BCUT2D eigenvalue weighted by Gasteiger charge is -2.16. The number of anilines is 1. The molecule has 4 nitrogen and oxygen atoms in total. The van der Waals surface area contributed by atoms with Crippen LogP contribution in [0.4, 0.5) is 5.95 Å². The Bertz CT molecular complexity index is 322. The van der Waals surface area contributed by atoms with Gasteiger partial charge in [-0.2, -0.15) is 0 Å². The normalized spacial score (nSPS) is 37.1. The molecule has 0 radical (unpaired) electrons. The Morgan fingerprint density at radius 1 is 1.54 bits per heavy atom. The van der Waals surface area contributed by atoms with Crippen LogP contribution in [0.5, 0.6) is 0 Å². The van der Waals surface area contributed by atoms with E-state index in [0.717, 1.165) is 12.1 Å². The van der Waals surface area contributed by atoms with E-state index in [-0.39, 0.29) is 0 Å². The number of hydrogen-bond acceptors (Lipinski definition) is 3. The lowest BCUT2D eigenvalue weighted by atomic mass is 9.87. The fraction of sp³-hybridized carbons (Fsp3) is 0.667. The largest absolute Gasteiger partial charge is 0.374 e. The van der Waals surface area contributed by atoms with E-state index in [4.69, 9.17) is 10.5 Å². The molecular weight excluding hydrogens is 166 g/mol. The molecule has 13 heavy (non-hydrogen) atoms. The topological polar surface area (TPSA) is 63.9 Å². The lowest BCUT2D eigenvalue weighted by Crippen LogP contribution is -2.14. The van der Waals surface area contributed by atoms with Crippen molar-refractivity contribution in [1.82, 2.24) is 9.97 Å². The quantitative estimate of drug-likeness (QED) is 0.676. The molecule has 4 heteroatoms. The monoisotopic (exact) mass is 179 g/mol. The number of ether oxygens (including phenoxy) is 1. The van der Waals surface area contributed by atoms with Crippen LogP contribution in [0.3, 0.4) is 0 Å². The van der Waals surface area contributed by atoms with Crippen molar-refractivity contribution in [2.45, 2.75) is 37.4 Å². The number of rotatable bonds is 1. The number of H-pyrrole nitrogens is 1. The maximum Gasteiger partial charge on any atom is 0.197 e. The highest BCUT2D eigenvalue weighted by molar-refractivity contribution is 5.23. The van der Waals surface area contributed by atoms with Gasteiger partial charge in [-0.05, 0) is 19.3 Å². The summed E-state index contributed by atoms with van der Waals surface area (Å²) >= 11 is 0. The summed E-state index contributed by atoms with van der Waals surface area (Å²) in [6.45, 7) is 0. The first-order valence-corrected chi connectivity index (χ1v) is 4.79. The molecule has 3 heterocycles. The van der Waals surface area contributed by atoms with Crippen molar-refractivity contribution in [1.29, 1.82) is 0 Å². The summed E-state index contributed by atoms with van der Waals surface area (Å²) < 4.78 is 5.76. The van der Waals surface area contributed by atoms with E-state index >= 15 is 0 Å². The van der Waals surface area contributed by atoms with Gasteiger partial charge < -0.3 is 15.5 Å². The molecule has 2 bridgehead atoms. The Morgan fingerprint density at radius 3 is 3.00 bits per heavy atom. The Morgan fingerprint density at radius 2 is 2.46 bits per heavy atom. The number of imidazole rings is 1. The van der Waals surface area contributed by atoms with Gasteiger partial charge in [-0.1, -0.05) is 0 Å². The fourth-order valence-corrected chi connectivity index (χ4v) is 2.51. The molecule has 2 aliphatic heterocycles. The van der Waals surface area contributed by atoms with Crippen LogP contribution in [0, 0.1) is 0 Å². The van der Waals surface area contributed by atoms with E-state index in [9.17, 15) is 0 Å². The minimum absolute atomic E-state index is 0.407. The molecule has 2 fully saturated rings. The van der Waals surface area contributed by atoms with Gasteiger partial charge >= 0.3 is 0 Å². The molecule has 1 aromatic heterocycles. The molecule has 3 N–H and O–H groups in total. The van der Waals surface area contributed by atoms with Gasteiger partial charge in [0.1, 0.15) is 0 Å². The summed E-state index contributed by atoms with van der Waals surface area (Å²) in [5.41, 5.74) is 6.68. The minimum Gasteiger partial charge on any atom is -0.374 e. The standard InChI is InChI=1S/C9H13N3O/c10-9-11-4-7(12-9)6-3-5-1-2-8(6)13-5/h4-6,8H,1-3H2,(H3,10,11,12). The van der Waals surface area contributed by atoms with Gasteiger partial charge in [-0.15, -0.1) is 0 Å². The molecule has 2 saturated heterocycles. The number of aromatic nitrogens is 2. The summed E-state index contributed by atoms with van der Waals surface area (Å²) in [5.74, 6) is 1.02. The number of nitrogens with one attached hydrogen (secondary N) is 1. The SMILES string of the molecule is Nc1ncc(C2CC3CCC2O3)[nH]1. The van der Waals surface area contributed by atoms with Crippen LogP contribution in [0.25, 0.3) is 0 Å². The second-order valence-corrected chi connectivity index (χ2v) is 3.94. The zero-order chi connectivity index (χ0) is 8.84. The molecule has 0 aromatic carbocycles. The molecule has 3 atom stereocenters. The van der Waals surface area contributed by atoms with Crippen molar-refractivity contribution in [2.24, 2.45) is 0 Å². The Hall–Kier alpha value is -1.03. The summed E-state index contributed by atoms with van der Waals surface area (Å²) in [7, 11) is 0. The predicted octanol–water partition coefficient (Wildman–Crippen LogP) is 1.03. The predicted molar refractivity (Wildman–Crippen MR) is 48.3 cm³/mol. The maximum absolute atomic E-state index is 5.76. The van der Waals surface area contributed by atoms with Crippen LogP contribution in [-0.2, 0) is 4.74 Å². The highest BCUT2D eigenvalue weighted by atomic mass is 16.5. The molecule has 0 aliphatic carbocycles. The average molecular weight is 179 g/mol. The van der Waals surface area contributed by atoms with Crippen molar-refractivity contribution in [3.05, 3.63) is 11.9 Å². The van der Waals surface area contributed by atoms with Crippen LogP contribution in [0.2, 0.25) is 0 Å². The molecule has 0 spiro atoms. The van der Waals surface area contributed by atoms with E-state index in [2.05, 4.69) is 9.97 Å². The molecule has 0 saturated carbocycles. The van der Waals surface area contributed by atoms with Gasteiger partial charge in [-0.3, -0.25) is 0 Å². The van der Waals surface area contributed by atoms with Crippen molar-refractivity contribution in [3.8, 4) is 0 Å². The summed E-state index contributed by atoms with van der Waals surface area (Å²) in [6.07, 6.45) is 6.28. The maximum atomic E-state index is 5.76. The number of aromatic amines is 1. The van der Waals surface area contributed by atoms with Crippen LogP contribution in [0.15, 0.2) is 6.20 Å². The van der Waals surface area contributed by atoms with Gasteiger partial charge in [0.2, 0.25) is 0 Å². The first kappa shape index (κ1) is 7.38.